The number of benzene rings is 1. The second-order valence-corrected chi connectivity index (χ2v) is 5.45. The third-order valence-electron chi connectivity index (χ3n) is 2.78. The van der Waals surface area contributed by atoms with E-state index in [0.29, 0.717) is 17.4 Å². The van der Waals surface area contributed by atoms with Crippen molar-refractivity contribution in [3.8, 4) is 0 Å². The Morgan fingerprint density at radius 3 is 2.57 bits per heavy atom. The SMILES string of the molecule is O=C(Cc1cc(=O)[nH]c(=S)[nH]1)NNC(=S)NCc1ccccc1. The predicted octanol–water partition coefficient (Wildman–Crippen LogP) is 0.670. The number of aromatic amines is 2. The monoisotopic (exact) mass is 349 g/mol. The summed E-state index contributed by atoms with van der Waals surface area (Å²) in [5.74, 6) is -0.356. The smallest absolute Gasteiger partial charge is 0.251 e. The third-order valence-corrected chi connectivity index (χ3v) is 3.23. The highest BCUT2D eigenvalue weighted by atomic mass is 32.1. The van der Waals surface area contributed by atoms with Gasteiger partial charge in [-0.1, -0.05) is 30.3 Å². The van der Waals surface area contributed by atoms with Crippen LogP contribution in [0.1, 0.15) is 11.3 Å². The number of carbonyl (C=O) groups is 1. The maximum atomic E-state index is 11.8. The fourth-order valence-electron chi connectivity index (χ4n) is 1.78. The Hall–Kier alpha value is -2.52. The summed E-state index contributed by atoms with van der Waals surface area (Å²) in [5.41, 5.74) is 6.17. The number of carbonyl (C=O) groups excluding carboxylic acids is 1. The molecule has 0 aliphatic carbocycles. The Labute approximate surface area is 142 Å². The summed E-state index contributed by atoms with van der Waals surface area (Å²) in [6.45, 7) is 0.545. The van der Waals surface area contributed by atoms with Gasteiger partial charge in [0.05, 0.1) is 6.42 Å². The van der Waals surface area contributed by atoms with Gasteiger partial charge < -0.3 is 10.3 Å². The van der Waals surface area contributed by atoms with Crippen molar-refractivity contribution >= 4 is 35.5 Å². The minimum absolute atomic E-state index is 0.0259. The molecule has 0 spiro atoms. The van der Waals surface area contributed by atoms with Crippen LogP contribution in [0.15, 0.2) is 41.2 Å². The van der Waals surface area contributed by atoms with Crippen LogP contribution in [0.2, 0.25) is 0 Å². The first kappa shape index (κ1) is 16.8. The van der Waals surface area contributed by atoms with Crippen LogP contribution in [-0.2, 0) is 17.8 Å². The quantitative estimate of drug-likeness (QED) is 0.411. The zero-order valence-corrected chi connectivity index (χ0v) is 13.6. The first-order chi connectivity index (χ1) is 11.0. The van der Waals surface area contributed by atoms with E-state index < -0.39 is 0 Å². The van der Waals surface area contributed by atoms with E-state index in [1.54, 1.807) is 0 Å². The Morgan fingerprint density at radius 2 is 1.87 bits per heavy atom. The molecule has 2 rings (SSSR count). The van der Waals surface area contributed by atoms with Crippen molar-refractivity contribution in [1.29, 1.82) is 0 Å². The molecule has 9 heteroatoms. The highest BCUT2D eigenvalue weighted by Gasteiger charge is 2.05. The van der Waals surface area contributed by atoms with Crippen LogP contribution < -0.4 is 21.7 Å². The van der Waals surface area contributed by atoms with Gasteiger partial charge in [0, 0.05) is 18.3 Å². The Balaban J connectivity index is 1.76. The first-order valence-electron chi connectivity index (χ1n) is 6.72. The van der Waals surface area contributed by atoms with Crippen LogP contribution in [0.4, 0.5) is 0 Å². The van der Waals surface area contributed by atoms with Crippen LogP contribution in [0.25, 0.3) is 0 Å². The lowest BCUT2D eigenvalue weighted by Crippen LogP contribution is -2.47. The molecule has 0 aliphatic rings. The first-order valence-corrected chi connectivity index (χ1v) is 7.54. The lowest BCUT2D eigenvalue weighted by Gasteiger charge is -2.11. The number of amides is 1. The summed E-state index contributed by atoms with van der Waals surface area (Å²) in [5, 5.41) is 3.26. The van der Waals surface area contributed by atoms with E-state index >= 15 is 0 Å². The number of hydrogen-bond donors (Lipinski definition) is 5. The summed E-state index contributed by atoms with van der Waals surface area (Å²) in [7, 11) is 0. The fraction of sp³-hybridized carbons (Fsp3) is 0.143. The van der Waals surface area contributed by atoms with Crippen molar-refractivity contribution in [3.63, 3.8) is 0 Å². The number of nitrogens with one attached hydrogen (secondary N) is 5. The molecule has 0 aliphatic heterocycles. The topological polar surface area (TPSA) is 102 Å². The van der Waals surface area contributed by atoms with E-state index in [9.17, 15) is 9.59 Å². The lowest BCUT2D eigenvalue weighted by atomic mass is 10.2. The van der Waals surface area contributed by atoms with E-state index in [1.165, 1.54) is 6.07 Å². The molecule has 0 fully saturated rings. The van der Waals surface area contributed by atoms with Gasteiger partial charge in [-0.05, 0) is 30.0 Å². The second-order valence-electron chi connectivity index (χ2n) is 4.63. The van der Waals surface area contributed by atoms with E-state index in [0.717, 1.165) is 5.56 Å². The van der Waals surface area contributed by atoms with E-state index in [-0.39, 0.29) is 22.7 Å². The molecule has 0 unspecified atom stereocenters. The molecule has 0 saturated heterocycles. The molecule has 1 aromatic heterocycles. The second kappa shape index (κ2) is 8.20. The average Bonchev–Trinajstić information content (AvgIpc) is 2.51. The van der Waals surface area contributed by atoms with E-state index in [4.69, 9.17) is 24.4 Å². The van der Waals surface area contributed by atoms with Gasteiger partial charge in [0.2, 0.25) is 5.91 Å². The molecule has 1 heterocycles. The van der Waals surface area contributed by atoms with Gasteiger partial charge in [-0.3, -0.25) is 25.4 Å². The van der Waals surface area contributed by atoms with Crippen LogP contribution in [-0.4, -0.2) is 21.0 Å². The van der Waals surface area contributed by atoms with Crippen molar-refractivity contribution in [2.45, 2.75) is 13.0 Å². The zero-order chi connectivity index (χ0) is 16.7. The number of thiocarbonyl (C=S) groups is 1. The predicted molar refractivity (Wildman–Crippen MR) is 93.1 cm³/mol. The number of rotatable bonds is 4. The van der Waals surface area contributed by atoms with Gasteiger partial charge in [-0.15, -0.1) is 0 Å². The molecular weight excluding hydrogens is 334 g/mol. The Bertz CT molecular complexity index is 772. The summed E-state index contributed by atoms with van der Waals surface area (Å²) in [6, 6.07) is 11.0. The van der Waals surface area contributed by atoms with E-state index in [2.05, 4.69) is 26.1 Å². The van der Waals surface area contributed by atoms with Gasteiger partial charge in [-0.25, -0.2) is 0 Å². The molecule has 0 bridgehead atoms. The number of hydrogen-bond acceptors (Lipinski definition) is 4. The van der Waals surface area contributed by atoms with Crippen molar-refractivity contribution in [3.05, 3.63) is 62.8 Å². The van der Waals surface area contributed by atoms with Crippen molar-refractivity contribution in [2.24, 2.45) is 0 Å². The average molecular weight is 349 g/mol. The molecule has 1 aromatic carbocycles. The van der Waals surface area contributed by atoms with Gasteiger partial charge >= 0.3 is 0 Å². The van der Waals surface area contributed by atoms with Gasteiger partial charge in [-0.2, -0.15) is 0 Å². The normalized spacial score (nSPS) is 9.91. The summed E-state index contributed by atoms with van der Waals surface area (Å²) in [4.78, 5) is 28.2. The highest BCUT2D eigenvalue weighted by molar-refractivity contribution is 7.80. The van der Waals surface area contributed by atoms with Gasteiger partial charge in [0.25, 0.3) is 5.56 Å². The minimum Gasteiger partial charge on any atom is -0.357 e. The number of H-pyrrole nitrogens is 2. The summed E-state index contributed by atoms with van der Waals surface area (Å²) in [6.07, 6.45) is -0.0259. The maximum Gasteiger partial charge on any atom is 0.251 e. The molecule has 0 atom stereocenters. The lowest BCUT2D eigenvalue weighted by molar-refractivity contribution is -0.121. The van der Waals surface area contributed by atoms with E-state index in [1.807, 2.05) is 30.3 Å². The molecule has 1 amide bonds. The van der Waals surface area contributed by atoms with Crippen molar-refractivity contribution in [1.82, 2.24) is 26.1 Å². The third kappa shape index (κ3) is 6.01. The zero-order valence-electron chi connectivity index (χ0n) is 12.0. The number of hydrazine groups is 1. The summed E-state index contributed by atoms with van der Waals surface area (Å²) < 4.78 is 0.174. The molecule has 23 heavy (non-hydrogen) atoms. The maximum absolute atomic E-state index is 11.8. The molecule has 5 N–H and O–H groups in total. The van der Waals surface area contributed by atoms with Crippen LogP contribution in [0.3, 0.4) is 0 Å². The molecule has 0 saturated carbocycles. The molecule has 7 nitrogen and oxygen atoms in total. The van der Waals surface area contributed by atoms with Crippen LogP contribution >= 0.6 is 24.4 Å². The van der Waals surface area contributed by atoms with Crippen molar-refractivity contribution < 1.29 is 4.79 Å². The van der Waals surface area contributed by atoms with Crippen LogP contribution in [0.5, 0.6) is 0 Å². The molecular formula is C14H15N5O2S2. The minimum atomic E-state index is -0.357. The van der Waals surface area contributed by atoms with Gasteiger partial charge in [0.1, 0.15) is 0 Å². The van der Waals surface area contributed by atoms with Crippen molar-refractivity contribution in [2.75, 3.05) is 0 Å². The number of aromatic nitrogens is 2. The molecule has 2 aromatic rings. The molecule has 0 radical (unpaired) electrons. The van der Waals surface area contributed by atoms with Crippen LogP contribution in [0, 0.1) is 4.77 Å². The standard InChI is InChI=1S/C14H15N5O2S2/c20-11-6-10(16-14(23)17-11)7-12(21)18-19-13(22)15-8-9-4-2-1-3-5-9/h1-6H,7-8H2,(H,18,21)(H2,15,19,22)(H2,16,17,20,23). The largest absolute Gasteiger partial charge is 0.357 e. The fourth-order valence-corrected chi connectivity index (χ4v) is 2.14. The Morgan fingerprint density at radius 1 is 1.13 bits per heavy atom. The Kier molecular flexibility index (Phi) is 6.01. The molecule has 120 valence electrons. The summed E-state index contributed by atoms with van der Waals surface area (Å²) >= 11 is 9.90. The van der Waals surface area contributed by atoms with Gasteiger partial charge in [0.15, 0.2) is 9.88 Å². The highest BCUT2D eigenvalue weighted by Crippen LogP contribution is 1.96.